The van der Waals surface area contributed by atoms with Crippen LogP contribution in [-0.2, 0) is 157 Å². The van der Waals surface area contributed by atoms with Gasteiger partial charge in [0.1, 0.15) is 11.5 Å². The Hall–Kier alpha value is -3.87. The molecule has 0 fully saturated rings. The highest BCUT2D eigenvalue weighted by atomic mass is 32.2. The summed E-state index contributed by atoms with van der Waals surface area (Å²) in [6.45, 7) is 4.26. The highest BCUT2D eigenvalue weighted by Gasteiger charge is 2.12. The van der Waals surface area contributed by atoms with Gasteiger partial charge >= 0.3 is 14.2 Å². The molecule has 59 heavy (non-hydrogen) atoms. The molecule has 0 aliphatic carbocycles. The molecule has 0 saturated carbocycles. The smallest absolute Gasteiger partial charge is 0.524 e. The second-order valence-electron chi connectivity index (χ2n) is 8.46. The molecule has 1 heterocycles. The molecule has 1 unspecified atom stereocenters. The van der Waals surface area contributed by atoms with Crippen molar-refractivity contribution >= 4 is 26.0 Å². The number of carboxylic acid groups (broad SMARTS) is 1. The lowest BCUT2D eigenvalue weighted by Gasteiger charge is -2.11. The maximum Gasteiger partial charge on any atom is 0.524 e. The van der Waals surface area contributed by atoms with Crippen molar-refractivity contribution in [2.45, 2.75) is 29.8 Å². The molecule has 3 rings (SSSR count). The van der Waals surface area contributed by atoms with E-state index in [1.54, 1.807) is 12.3 Å². The van der Waals surface area contributed by atoms with Gasteiger partial charge in [-0.25, -0.2) is 15.0 Å². The summed E-state index contributed by atoms with van der Waals surface area (Å²) in [5, 5.41) is 113. The van der Waals surface area contributed by atoms with Gasteiger partial charge in [0.25, 0.3) is 0 Å². The monoisotopic (exact) mass is 912 g/mol. The van der Waals surface area contributed by atoms with Crippen LogP contribution >= 0.6 is 20.0 Å². The van der Waals surface area contributed by atoms with Gasteiger partial charge in [-0.05, 0) is 86.7 Å². The molecule has 3 aromatic rings. The number of carboxylic acids is 1. The van der Waals surface area contributed by atoms with Crippen molar-refractivity contribution in [3.8, 4) is 11.5 Å². The van der Waals surface area contributed by atoms with E-state index in [1.165, 1.54) is 23.4 Å². The molecule has 0 radical (unpaired) electrons. The summed E-state index contributed by atoms with van der Waals surface area (Å²) in [6.07, 6.45) is 3.55. The van der Waals surface area contributed by atoms with Crippen molar-refractivity contribution in [3.63, 3.8) is 0 Å². The topological polar surface area (TPSA) is 392 Å². The summed E-state index contributed by atoms with van der Waals surface area (Å²) in [4.78, 5) is 26.2. The Morgan fingerprint density at radius 1 is 0.661 bits per heavy atom. The molecule has 37 nitrogen and oxygen atoms in total. The van der Waals surface area contributed by atoms with E-state index in [0.717, 1.165) is 10.1 Å². The Bertz CT molecular complexity index is 1520. The van der Waals surface area contributed by atoms with E-state index in [-0.39, 0.29) is 5.56 Å². The van der Waals surface area contributed by atoms with Crippen LogP contribution in [0.4, 0.5) is 0 Å². The first-order chi connectivity index (χ1) is 28.7. The zero-order chi connectivity index (χ0) is 42.8. The van der Waals surface area contributed by atoms with Gasteiger partial charge in [-0.3, -0.25) is 0 Å². The SMILES string of the molecule is CC(C)c1ccc(Oc2cc(Sc3nccn3C)cc(C(=O)O)c2)cc1.O=[P+]([O-])OOOOOOOOOOOOOOOOOOOOOOOOOOOOOO. The van der Waals surface area contributed by atoms with Crippen LogP contribution in [0.5, 0.6) is 11.5 Å². The van der Waals surface area contributed by atoms with Gasteiger partial charge in [0, 0.05) is 125 Å². The fraction of sp³-hybridized carbons (Fsp3) is 0.200. The molecule has 1 aromatic heterocycles. The van der Waals surface area contributed by atoms with Gasteiger partial charge < -0.3 is 19.3 Å². The first kappa shape index (κ1) is 51.3. The maximum absolute atomic E-state index is 11.5. The fourth-order valence-electron chi connectivity index (χ4n) is 2.76. The second kappa shape index (κ2) is 33.9. The van der Waals surface area contributed by atoms with Crippen LogP contribution in [0, 0.1) is 0 Å². The Balaban J connectivity index is 0.000000416. The Morgan fingerprint density at radius 2 is 1.08 bits per heavy atom. The number of carbonyl (C=O) groups is 1. The number of imidazole rings is 1. The molecular weight excluding hydrogens is 891 g/mol. The first-order valence-corrected chi connectivity index (χ1v) is 15.5. The van der Waals surface area contributed by atoms with E-state index in [0.29, 0.717) is 17.4 Å². The lowest BCUT2D eigenvalue weighted by Crippen LogP contribution is -2.06. The third-order valence-electron chi connectivity index (χ3n) is 4.74. The number of hydrogen-bond acceptors (Lipinski definition) is 36. The molecule has 2 N–H and O–H groups in total. The van der Waals surface area contributed by atoms with Crippen LogP contribution < -0.4 is 9.63 Å². The number of benzene rings is 2. The number of hydrogen-bond donors (Lipinski definition) is 2. The first-order valence-electron chi connectivity index (χ1n) is 13.6. The minimum atomic E-state index is -3.38. The lowest BCUT2D eigenvalue weighted by molar-refractivity contribution is -0.904. The highest BCUT2D eigenvalue weighted by Crippen LogP contribution is 2.32. The minimum Gasteiger partial charge on any atom is -0.564 e. The van der Waals surface area contributed by atoms with E-state index in [2.05, 4.69) is 165 Å². The molecule has 39 heteroatoms. The zero-order valence-electron chi connectivity index (χ0n) is 28.4. The van der Waals surface area contributed by atoms with Crippen LogP contribution in [0.15, 0.2) is 64.9 Å². The van der Waals surface area contributed by atoms with Crippen molar-refractivity contribution in [2.75, 3.05) is 0 Å². The van der Waals surface area contributed by atoms with Gasteiger partial charge in [-0.15, -0.1) is 0 Å². The maximum atomic E-state index is 11.5. The summed E-state index contributed by atoms with van der Waals surface area (Å²) in [5.74, 6) is 0.608. The van der Waals surface area contributed by atoms with Crippen molar-refractivity contribution in [1.29, 1.82) is 0 Å². The zero-order valence-corrected chi connectivity index (χ0v) is 30.1. The van der Waals surface area contributed by atoms with Crippen molar-refractivity contribution in [3.05, 3.63) is 66.0 Å². The molecule has 0 amide bonds. The molecule has 0 bridgehead atoms. The number of aromatic nitrogens is 2. The van der Waals surface area contributed by atoms with Gasteiger partial charge in [0.2, 0.25) is 0 Å². The number of aryl methyl sites for hydroxylation is 1. The standard InChI is InChI=1S/C20H20N2O3S.HO32P/c1-13(2)14-4-6-16(7-5-14)25-17-10-15(19(23)24)11-18(12-17)26-20-21-8-9-22(20)3;1-4-5-6-7-8-9-10-11-12-13-14-15-16-17-18-19-20-21-22-23-24-25-26-27-28-29-30-31-32-33(2)3/h4-13H,1-3H3,(H,23,24);1H. The molecule has 0 spiro atoms. The van der Waals surface area contributed by atoms with Crippen molar-refractivity contribution < 1.29 is 175 Å². The van der Waals surface area contributed by atoms with E-state index < -0.39 is 14.2 Å². The Labute approximate surface area is 325 Å². The third-order valence-corrected chi connectivity index (χ3v) is 5.97. The summed E-state index contributed by atoms with van der Waals surface area (Å²) in [6, 6.07) is 12.8. The molecule has 332 valence electrons. The lowest BCUT2D eigenvalue weighted by atomic mass is 10.0. The third kappa shape index (κ3) is 26.8. The predicted octanol–water partition coefficient (Wildman–Crippen LogP) is 2.76. The molecule has 0 aliphatic heterocycles. The van der Waals surface area contributed by atoms with E-state index >= 15 is 0 Å². The van der Waals surface area contributed by atoms with Crippen molar-refractivity contribution in [2.24, 2.45) is 7.05 Å². The summed E-state index contributed by atoms with van der Waals surface area (Å²) in [5.41, 5.74) is 1.40. The summed E-state index contributed by atoms with van der Waals surface area (Å²) in [7, 11) is -1.49. The average molecular weight is 912 g/mol. The average Bonchev–Trinajstić information content (AvgIpc) is 3.62. The number of nitrogens with zero attached hydrogens (tertiary/aromatic N) is 2. The fourth-order valence-corrected chi connectivity index (χ4v) is 3.72. The van der Waals surface area contributed by atoms with E-state index in [1.807, 2.05) is 48.1 Å². The van der Waals surface area contributed by atoms with Gasteiger partial charge in [0.15, 0.2) is 5.16 Å². The molecular formula is C20H21N2O35PS. The van der Waals surface area contributed by atoms with Crippen molar-refractivity contribution in [1.82, 2.24) is 9.55 Å². The molecule has 0 aliphatic rings. The Kier molecular flexibility index (Phi) is 29.5. The van der Waals surface area contributed by atoms with Crippen LogP contribution in [-0.4, -0.2) is 25.9 Å². The predicted molar refractivity (Wildman–Crippen MR) is 143 cm³/mol. The van der Waals surface area contributed by atoms with Gasteiger partial charge in [0.05, 0.1) is 10.2 Å². The molecule has 2 aromatic carbocycles. The van der Waals surface area contributed by atoms with Crippen LogP contribution in [0.1, 0.15) is 35.7 Å². The van der Waals surface area contributed by atoms with Crippen LogP contribution in [0.25, 0.3) is 0 Å². The highest BCUT2D eigenvalue weighted by molar-refractivity contribution is 7.99. The second-order valence-corrected chi connectivity index (χ2v) is 10.1. The molecule has 1 atom stereocenters. The van der Waals surface area contributed by atoms with E-state index in [4.69, 9.17) is 9.99 Å². The quantitative estimate of drug-likeness (QED) is 0.0370. The summed E-state index contributed by atoms with van der Waals surface area (Å²) >= 11 is 1.39. The number of aromatic carboxylic acids is 1. The van der Waals surface area contributed by atoms with Crippen LogP contribution in [0.2, 0.25) is 0 Å². The van der Waals surface area contributed by atoms with Gasteiger partial charge in [-0.2, -0.15) is 0 Å². The number of rotatable bonds is 35. The summed E-state index contributed by atoms with van der Waals surface area (Å²) < 4.78 is 20.8. The van der Waals surface area contributed by atoms with Gasteiger partial charge in [-0.1, -0.05) is 37.7 Å². The minimum absolute atomic E-state index is 0.179. The molecule has 0 saturated heterocycles. The van der Waals surface area contributed by atoms with Crippen LogP contribution in [0.3, 0.4) is 0 Å². The Morgan fingerprint density at radius 3 is 1.44 bits per heavy atom. The van der Waals surface area contributed by atoms with E-state index in [9.17, 15) is 19.4 Å². The largest absolute Gasteiger partial charge is 0.564 e. The number of ether oxygens (including phenoxy) is 1. The normalized spacial score (nSPS) is 11.5.